The highest BCUT2D eigenvalue weighted by atomic mass is 35.5. The van der Waals surface area contributed by atoms with Crippen molar-refractivity contribution in [3.63, 3.8) is 0 Å². The molecule has 1 aromatic rings. The summed E-state index contributed by atoms with van der Waals surface area (Å²) in [6, 6.07) is 2.86. The molecule has 3 aliphatic rings. The van der Waals surface area contributed by atoms with Gasteiger partial charge in [-0.1, -0.05) is 11.6 Å². The van der Waals surface area contributed by atoms with Crippen LogP contribution >= 0.6 is 11.6 Å². The minimum atomic E-state index is -3.73. The lowest BCUT2D eigenvalue weighted by Crippen LogP contribution is -2.42. The Kier molecular flexibility index (Phi) is 4.85. The molecule has 3 aliphatic heterocycles. The Morgan fingerprint density at radius 2 is 1.96 bits per heavy atom. The molecule has 0 aromatic heterocycles. The van der Waals surface area contributed by atoms with Crippen molar-refractivity contribution in [3.8, 4) is 5.75 Å². The van der Waals surface area contributed by atoms with Crippen molar-refractivity contribution in [1.82, 2.24) is 9.21 Å². The van der Waals surface area contributed by atoms with Gasteiger partial charge in [0.05, 0.1) is 10.7 Å². The average molecular weight is 400 g/mol. The predicted octanol–water partition coefficient (Wildman–Crippen LogP) is 1.92. The van der Waals surface area contributed by atoms with Crippen LogP contribution in [0.3, 0.4) is 0 Å². The summed E-state index contributed by atoms with van der Waals surface area (Å²) >= 11 is 6.27. The summed E-state index contributed by atoms with van der Waals surface area (Å²) in [6.45, 7) is 3.23. The standard InChI is InChI=1S/C17H22ClN3O4S/c18-13-8-14-15(25-11-17(22)19-14)9-16(13)26(23,24)21-7-3-4-12(21)10-20-5-1-2-6-20/h8-9,12H,1-7,10-11H2,(H,19,22)/t12-/m0/s1. The molecule has 2 fully saturated rings. The number of nitrogens with zero attached hydrogens (tertiary/aromatic N) is 2. The third-order valence-corrected chi connectivity index (χ3v) is 7.66. The van der Waals surface area contributed by atoms with Crippen molar-refractivity contribution in [2.24, 2.45) is 0 Å². The third kappa shape index (κ3) is 3.31. The van der Waals surface area contributed by atoms with Gasteiger partial charge in [0.25, 0.3) is 5.91 Å². The first-order chi connectivity index (χ1) is 12.4. The van der Waals surface area contributed by atoms with E-state index in [0.29, 0.717) is 18.0 Å². The second kappa shape index (κ2) is 6.99. The van der Waals surface area contributed by atoms with E-state index in [1.807, 2.05) is 0 Å². The molecule has 9 heteroatoms. The number of benzene rings is 1. The summed E-state index contributed by atoms with van der Waals surface area (Å²) in [5, 5.41) is 2.74. The van der Waals surface area contributed by atoms with Crippen LogP contribution in [0.15, 0.2) is 17.0 Å². The molecule has 0 saturated carbocycles. The van der Waals surface area contributed by atoms with E-state index < -0.39 is 10.0 Å². The van der Waals surface area contributed by atoms with E-state index in [1.54, 1.807) is 4.31 Å². The SMILES string of the molecule is O=C1COc2cc(S(=O)(=O)N3CCC[C@H]3CN3CCCC3)c(Cl)cc2N1. The molecule has 0 radical (unpaired) electrons. The van der Waals surface area contributed by atoms with Gasteiger partial charge in [-0.2, -0.15) is 4.31 Å². The Bertz CT molecular complexity index is 824. The first-order valence-electron chi connectivity index (χ1n) is 8.95. The van der Waals surface area contributed by atoms with Crippen LogP contribution in [-0.2, 0) is 14.8 Å². The molecule has 1 atom stereocenters. The molecule has 1 aromatic carbocycles. The number of hydrogen-bond donors (Lipinski definition) is 1. The van der Waals surface area contributed by atoms with Crippen LogP contribution in [0.1, 0.15) is 25.7 Å². The fourth-order valence-corrected chi connectivity index (χ4v) is 6.18. The highest BCUT2D eigenvalue weighted by molar-refractivity contribution is 7.89. The number of fused-ring (bicyclic) bond motifs is 1. The lowest BCUT2D eigenvalue weighted by Gasteiger charge is -2.28. The first-order valence-corrected chi connectivity index (χ1v) is 10.8. The van der Waals surface area contributed by atoms with Gasteiger partial charge in [0.1, 0.15) is 10.6 Å². The van der Waals surface area contributed by atoms with Crippen molar-refractivity contribution < 1.29 is 17.9 Å². The van der Waals surface area contributed by atoms with E-state index >= 15 is 0 Å². The molecule has 0 spiro atoms. The minimum absolute atomic E-state index is 0.0224. The number of ether oxygens (including phenoxy) is 1. The molecule has 7 nitrogen and oxygen atoms in total. The maximum absolute atomic E-state index is 13.3. The van der Waals surface area contributed by atoms with Crippen molar-refractivity contribution in [3.05, 3.63) is 17.2 Å². The number of anilines is 1. The summed E-state index contributed by atoms with van der Waals surface area (Å²) in [5.74, 6) is 0.0530. The maximum Gasteiger partial charge on any atom is 0.262 e. The van der Waals surface area contributed by atoms with Crippen LogP contribution in [0.25, 0.3) is 0 Å². The Hall–Kier alpha value is -1.35. The number of rotatable bonds is 4. The lowest BCUT2D eigenvalue weighted by molar-refractivity contribution is -0.118. The number of hydrogen-bond acceptors (Lipinski definition) is 5. The number of likely N-dealkylation sites (tertiary alicyclic amines) is 1. The number of halogens is 1. The van der Waals surface area contributed by atoms with Crippen molar-refractivity contribution >= 4 is 33.2 Å². The third-order valence-electron chi connectivity index (χ3n) is 5.24. The second-order valence-corrected chi connectivity index (χ2v) is 9.30. The zero-order valence-corrected chi connectivity index (χ0v) is 16.0. The first kappa shape index (κ1) is 18.0. The minimum Gasteiger partial charge on any atom is -0.482 e. The number of sulfonamides is 1. The molecule has 1 amide bonds. The normalized spacial score (nSPS) is 24.3. The summed E-state index contributed by atoms with van der Waals surface area (Å²) in [6.07, 6.45) is 4.08. The van der Waals surface area contributed by atoms with Crippen molar-refractivity contribution in [2.75, 3.05) is 38.1 Å². The number of carbonyl (C=O) groups excluding carboxylic acids is 1. The largest absolute Gasteiger partial charge is 0.482 e. The second-order valence-electron chi connectivity index (χ2n) is 7.04. The van der Waals surface area contributed by atoms with E-state index in [1.165, 1.54) is 25.0 Å². The number of carbonyl (C=O) groups is 1. The predicted molar refractivity (Wildman–Crippen MR) is 98.2 cm³/mol. The van der Waals surface area contributed by atoms with Gasteiger partial charge in [-0.05, 0) is 44.8 Å². The number of nitrogens with one attached hydrogen (secondary N) is 1. The molecule has 4 rings (SSSR count). The van der Waals surface area contributed by atoms with Crippen molar-refractivity contribution in [1.29, 1.82) is 0 Å². The summed E-state index contributed by atoms with van der Waals surface area (Å²) < 4.78 is 33.5. The smallest absolute Gasteiger partial charge is 0.262 e. The van der Waals surface area contributed by atoms with Crippen LogP contribution in [0.2, 0.25) is 5.02 Å². The molecule has 0 aliphatic carbocycles. The zero-order valence-electron chi connectivity index (χ0n) is 14.4. The Balaban J connectivity index is 1.62. The van der Waals surface area contributed by atoms with Gasteiger partial charge in [0.2, 0.25) is 10.0 Å². The Morgan fingerprint density at radius 3 is 2.73 bits per heavy atom. The zero-order chi connectivity index (χ0) is 18.3. The topological polar surface area (TPSA) is 79.0 Å². The van der Waals surface area contributed by atoms with Crippen LogP contribution in [0.4, 0.5) is 5.69 Å². The van der Waals surface area contributed by atoms with E-state index in [2.05, 4.69) is 10.2 Å². The van der Waals surface area contributed by atoms with Crippen LogP contribution in [0, 0.1) is 0 Å². The summed E-state index contributed by atoms with van der Waals surface area (Å²) in [5.41, 5.74) is 0.403. The summed E-state index contributed by atoms with van der Waals surface area (Å²) in [4.78, 5) is 13.8. The Labute approximate surface area is 158 Å². The molecule has 0 unspecified atom stereocenters. The monoisotopic (exact) mass is 399 g/mol. The molecular formula is C17H22ClN3O4S. The van der Waals surface area contributed by atoms with Crippen LogP contribution in [0.5, 0.6) is 5.75 Å². The molecule has 1 N–H and O–H groups in total. The highest BCUT2D eigenvalue weighted by Crippen LogP contribution is 2.38. The molecule has 3 heterocycles. The maximum atomic E-state index is 13.3. The molecule has 2 saturated heterocycles. The van der Waals surface area contributed by atoms with Gasteiger partial charge in [0.15, 0.2) is 6.61 Å². The van der Waals surface area contributed by atoms with Gasteiger partial charge < -0.3 is 15.0 Å². The molecular weight excluding hydrogens is 378 g/mol. The average Bonchev–Trinajstić information content (AvgIpc) is 3.26. The van der Waals surface area contributed by atoms with E-state index in [4.69, 9.17) is 16.3 Å². The van der Waals surface area contributed by atoms with Gasteiger partial charge in [-0.15, -0.1) is 0 Å². The van der Waals surface area contributed by atoms with E-state index in [0.717, 1.165) is 32.5 Å². The van der Waals surface area contributed by atoms with Crippen LogP contribution in [-0.4, -0.2) is 62.4 Å². The molecule has 26 heavy (non-hydrogen) atoms. The Morgan fingerprint density at radius 1 is 1.19 bits per heavy atom. The highest BCUT2D eigenvalue weighted by Gasteiger charge is 2.38. The van der Waals surface area contributed by atoms with Gasteiger partial charge in [0, 0.05) is 25.2 Å². The molecule has 142 valence electrons. The van der Waals surface area contributed by atoms with E-state index in [9.17, 15) is 13.2 Å². The van der Waals surface area contributed by atoms with E-state index in [-0.39, 0.29) is 28.5 Å². The quantitative estimate of drug-likeness (QED) is 0.836. The lowest BCUT2D eigenvalue weighted by atomic mass is 10.2. The van der Waals surface area contributed by atoms with Crippen molar-refractivity contribution in [2.45, 2.75) is 36.6 Å². The summed E-state index contributed by atoms with van der Waals surface area (Å²) in [7, 11) is -3.73. The fraction of sp³-hybridized carbons (Fsp3) is 0.588. The van der Waals surface area contributed by atoms with Gasteiger partial charge in [-0.3, -0.25) is 4.79 Å². The number of amides is 1. The fourth-order valence-electron chi connectivity index (χ4n) is 3.98. The van der Waals surface area contributed by atoms with Gasteiger partial charge in [-0.25, -0.2) is 8.42 Å². The van der Waals surface area contributed by atoms with Gasteiger partial charge >= 0.3 is 0 Å². The van der Waals surface area contributed by atoms with Crippen LogP contribution < -0.4 is 10.1 Å². The molecule has 0 bridgehead atoms.